The molecule has 1 heterocycles. The second-order valence-corrected chi connectivity index (χ2v) is 5.60. The zero-order chi connectivity index (χ0) is 15.2. The summed E-state index contributed by atoms with van der Waals surface area (Å²) in [5.74, 6) is 0.857. The Bertz CT molecular complexity index is 588. The van der Waals surface area contributed by atoms with Gasteiger partial charge in [-0.05, 0) is 17.9 Å². The first-order chi connectivity index (χ1) is 10.1. The number of rotatable bonds is 6. The first-order valence-corrected chi connectivity index (χ1v) is 7.30. The van der Waals surface area contributed by atoms with Crippen molar-refractivity contribution in [2.75, 3.05) is 0 Å². The molecule has 0 saturated heterocycles. The van der Waals surface area contributed by atoms with Crippen LogP contribution in [0.15, 0.2) is 30.3 Å². The Hall–Kier alpha value is -1.65. The fourth-order valence-electron chi connectivity index (χ4n) is 1.93. The highest BCUT2D eigenvalue weighted by Crippen LogP contribution is 2.23. The Balaban J connectivity index is 2.22. The number of nitrogens with zero attached hydrogens (tertiary/aromatic N) is 2. The minimum absolute atomic E-state index is 0.236. The summed E-state index contributed by atoms with van der Waals surface area (Å²) in [5, 5.41) is 9.49. The molecule has 0 amide bonds. The third-order valence-corrected chi connectivity index (χ3v) is 3.23. The van der Waals surface area contributed by atoms with Crippen molar-refractivity contribution in [2.45, 2.75) is 33.5 Å². The highest BCUT2D eigenvalue weighted by atomic mass is 35.5. The number of benzene rings is 1. The van der Waals surface area contributed by atoms with Gasteiger partial charge >= 0.3 is 0 Å². The Kier molecular flexibility index (Phi) is 5.53. The zero-order valence-electron chi connectivity index (χ0n) is 12.2. The van der Waals surface area contributed by atoms with E-state index >= 15 is 0 Å². The van der Waals surface area contributed by atoms with Crippen molar-refractivity contribution >= 4 is 11.6 Å². The Morgan fingerprint density at radius 1 is 1.14 bits per heavy atom. The number of hydrogen-bond donors (Lipinski definition) is 1. The molecule has 21 heavy (non-hydrogen) atoms. The van der Waals surface area contributed by atoms with Crippen LogP contribution in [0, 0.1) is 5.92 Å². The van der Waals surface area contributed by atoms with Crippen LogP contribution in [0.5, 0.6) is 5.88 Å². The van der Waals surface area contributed by atoms with Crippen LogP contribution in [-0.2, 0) is 19.6 Å². The predicted octanol–water partition coefficient (Wildman–Crippen LogP) is 3.40. The summed E-state index contributed by atoms with van der Waals surface area (Å²) in [7, 11) is 0. The molecule has 0 atom stereocenters. The second-order valence-electron chi connectivity index (χ2n) is 5.24. The first-order valence-electron chi connectivity index (χ1n) is 6.93. The van der Waals surface area contributed by atoms with E-state index < -0.39 is 0 Å². The van der Waals surface area contributed by atoms with E-state index in [9.17, 15) is 5.11 Å². The highest BCUT2D eigenvalue weighted by Gasteiger charge is 2.14. The van der Waals surface area contributed by atoms with Gasteiger partial charge in [0.25, 0.3) is 0 Å². The summed E-state index contributed by atoms with van der Waals surface area (Å²) >= 11 is 6.01. The SMILES string of the molecule is CC(C)Cc1nc(Cl)c(CO)nc1OCc1ccccc1. The molecule has 2 aromatic rings. The molecule has 2 rings (SSSR count). The molecule has 0 unspecified atom stereocenters. The van der Waals surface area contributed by atoms with Crippen molar-refractivity contribution in [1.82, 2.24) is 9.97 Å². The maximum Gasteiger partial charge on any atom is 0.236 e. The van der Waals surface area contributed by atoms with Gasteiger partial charge in [-0.15, -0.1) is 0 Å². The second kappa shape index (κ2) is 7.38. The standard InChI is InChI=1S/C16H19ClN2O2/c1-11(2)8-13-16(19-14(9-20)15(17)18-13)21-10-12-6-4-3-5-7-12/h3-7,11,20H,8-10H2,1-2H3. The minimum Gasteiger partial charge on any atom is -0.471 e. The third kappa shape index (κ3) is 4.41. The average molecular weight is 307 g/mol. The van der Waals surface area contributed by atoms with Gasteiger partial charge in [-0.1, -0.05) is 55.8 Å². The van der Waals surface area contributed by atoms with Gasteiger partial charge in [0.2, 0.25) is 5.88 Å². The van der Waals surface area contributed by atoms with Crippen LogP contribution in [0.4, 0.5) is 0 Å². The molecule has 5 heteroatoms. The topological polar surface area (TPSA) is 55.2 Å². The van der Waals surface area contributed by atoms with E-state index in [4.69, 9.17) is 16.3 Å². The molecule has 112 valence electrons. The monoisotopic (exact) mass is 306 g/mol. The molecule has 0 spiro atoms. The molecule has 1 N–H and O–H groups in total. The quantitative estimate of drug-likeness (QED) is 0.888. The van der Waals surface area contributed by atoms with E-state index in [0.717, 1.165) is 17.7 Å². The van der Waals surface area contributed by atoms with Crippen molar-refractivity contribution in [3.8, 4) is 5.88 Å². The molecule has 0 aliphatic heterocycles. The lowest BCUT2D eigenvalue weighted by atomic mass is 10.1. The van der Waals surface area contributed by atoms with Crippen LogP contribution in [0.25, 0.3) is 0 Å². The number of aliphatic hydroxyl groups is 1. The van der Waals surface area contributed by atoms with E-state index in [0.29, 0.717) is 24.1 Å². The van der Waals surface area contributed by atoms with Crippen LogP contribution in [0.2, 0.25) is 5.15 Å². The normalized spacial score (nSPS) is 10.9. The van der Waals surface area contributed by atoms with Gasteiger partial charge in [-0.2, -0.15) is 0 Å². The number of ether oxygens (including phenoxy) is 1. The van der Waals surface area contributed by atoms with Gasteiger partial charge in [0, 0.05) is 0 Å². The molecule has 0 fully saturated rings. The lowest BCUT2D eigenvalue weighted by molar-refractivity contribution is 0.262. The summed E-state index contributed by atoms with van der Waals surface area (Å²) < 4.78 is 5.78. The summed E-state index contributed by atoms with van der Waals surface area (Å²) in [6.45, 7) is 4.34. The smallest absolute Gasteiger partial charge is 0.236 e. The molecule has 4 nitrogen and oxygen atoms in total. The number of hydrogen-bond acceptors (Lipinski definition) is 4. The van der Waals surface area contributed by atoms with Crippen molar-refractivity contribution < 1.29 is 9.84 Å². The Morgan fingerprint density at radius 3 is 2.48 bits per heavy atom. The highest BCUT2D eigenvalue weighted by molar-refractivity contribution is 6.30. The van der Waals surface area contributed by atoms with Crippen LogP contribution in [-0.4, -0.2) is 15.1 Å². The van der Waals surface area contributed by atoms with Crippen molar-refractivity contribution in [1.29, 1.82) is 0 Å². The molecule has 0 aliphatic carbocycles. The van der Waals surface area contributed by atoms with Crippen LogP contribution in [0.1, 0.15) is 30.8 Å². The Labute approximate surface area is 129 Å². The minimum atomic E-state index is -0.254. The fourth-order valence-corrected chi connectivity index (χ4v) is 2.13. The molecule has 1 aromatic heterocycles. The van der Waals surface area contributed by atoms with E-state index in [1.807, 2.05) is 30.3 Å². The van der Waals surface area contributed by atoms with Crippen molar-refractivity contribution in [2.24, 2.45) is 5.92 Å². The zero-order valence-corrected chi connectivity index (χ0v) is 13.0. The number of halogens is 1. The summed E-state index contributed by atoms with van der Waals surface area (Å²) in [6, 6.07) is 9.84. The van der Waals surface area contributed by atoms with Gasteiger partial charge in [0.05, 0.1) is 6.61 Å². The number of aliphatic hydroxyl groups excluding tert-OH is 1. The molecular weight excluding hydrogens is 288 g/mol. The first kappa shape index (κ1) is 15.7. The van der Waals surface area contributed by atoms with E-state index in [1.165, 1.54) is 0 Å². The third-order valence-electron chi connectivity index (χ3n) is 2.92. The lowest BCUT2D eigenvalue weighted by Crippen LogP contribution is -2.08. The fraction of sp³-hybridized carbons (Fsp3) is 0.375. The van der Waals surface area contributed by atoms with E-state index in [-0.39, 0.29) is 11.8 Å². The summed E-state index contributed by atoms with van der Waals surface area (Å²) in [4.78, 5) is 8.61. The molecular formula is C16H19ClN2O2. The molecule has 1 aromatic carbocycles. The van der Waals surface area contributed by atoms with Gasteiger partial charge in [0.15, 0.2) is 5.15 Å². The van der Waals surface area contributed by atoms with Crippen LogP contribution >= 0.6 is 11.6 Å². The lowest BCUT2D eigenvalue weighted by Gasteiger charge is -2.13. The largest absolute Gasteiger partial charge is 0.471 e. The van der Waals surface area contributed by atoms with Crippen molar-refractivity contribution in [3.63, 3.8) is 0 Å². The predicted molar refractivity (Wildman–Crippen MR) is 82.3 cm³/mol. The van der Waals surface area contributed by atoms with Gasteiger partial charge in [-0.3, -0.25) is 0 Å². The molecule has 0 radical (unpaired) electrons. The number of aromatic nitrogens is 2. The maximum absolute atomic E-state index is 9.26. The van der Waals surface area contributed by atoms with Crippen LogP contribution in [0.3, 0.4) is 0 Å². The maximum atomic E-state index is 9.26. The summed E-state index contributed by atoms with van der Waals surface area (Å²) in [5.41, 5.74) is 2.12. The van der Waals surface area contributed by atoms with E-state index in [2.05, 4.69) is 23.8 Å². The molecule has 0 saturated carbocycles. The average Bonchev–Trinajstić information content (AvgIpc) is 2.47. The van der Waals surface area contributed by atoms with Gasteiger partial charge < -0.3 is 9.84 Å². The summed E-state index contributed by atoms with van der Waals surface area (Å²) in [6.07, 6.45) is 0.725. The molecule has 0 aliphatic rings. The Morgan fingerprint density at radius 2 is 1.86 bits per heavy atom. The van der Waals surface area contributed by atoms with Gasteiger partial charge in [0.1, 0.15) is 18.0 Å². The van der Waals surface area contributed by atoms with E-state index in [1.54, 1.807) is 0 Å². The molecule has 0 bridgehead atoms. The van der Waals surface area contributed by atoms with Crippen LogP contribution < -0.4 is 4.74 Å². The van der Waals surface area contributed by atoms with Gasteiger partial charge in [-0.25, -0.2) is 9.97 Å². The van der Waals surface area contributed by atoms with Crippen molar-refractivity contribution in [3.05, 3.63) is 52.4 Å².